The number of hydrogen-bond acceptors (Lipinski definition) is 5. The van der Waals surface area contributed by atoms with Crippen LogP contribution in [0.5, 0.6) is 0 Å². The normalized spacial score (nSPS) is 14.0. The maximum Gasteiger partial charge on any atom is 0.282 e. The minimum atomic E-state index is -0.135. The molecule has 1 N–H and O–H groups in total. The lowest BCUT2D eigenvalue weighted by atomic mass is 10.0. The topological polar surface area (TPSA) is 59.8 Å². The average molecular weight is 369 g/mol. The van der Waals surface area contributed by atoms with Crippen LogP contribution in [-0.4, -0.2) is 21.3 Å². The van der Waals surface area contributed by atoms with Crippen molar-refractivity contribution in [3.63, 3.8) is 0 Å². The van der Waals surface area contributed by atoms with Gasteiger partial charge in [0.15, 0.2) is 0 Å². The van der Waals surface area contributed by atoms with Gasteiger partial charge in [0.25, 0.3) is 5.56 Å². The molecule has 0 aromatic carbocycles. The van der Waals surface area contributed by atoms with Crippen LogP contribution in [0.2, 0.25) is 0 Å². The first-order valence-corrected chi connectivity index (χ1v) is 8.69. The Bertz CT molecular complexity index is 686. The van der Waals surface area contributed by atoms with Crippen LogP contribution >= 0.6 is 27.3 Å². The molecule has 112 valence electrons. The smallest absolute Gasteiger partial charge is 0.282 e. The van der Waals surface area contributed by atoms with Gasteiger partial charge in [0.1, 0.15) is 4.47 Å². The molecule has 0 spiro atoms. The van der Waals surface area contributed by atoms with Crippen LogP contribution in [0.25, 0.3) is 0 Å². The number of rotatable bonds is 4. The van der Waals surface area contributed by atoms with E-state index >= 15 is 0 Å². The van der Waals surface area contributed by atoms with Crippen LogP contribution in [0.4, 0.5) is 5.69 Å². The Hall–Kier alpha value is -1.21. The van der Waals surface area contributed by atoms with E-state index in [4.69, 9.17) is 4.98 Å². The molecule has 0 atom stereocenters. The minimum absolute atomic E-state index is 0.135. The van der Waals surface area contributed by atoms with Gasteiger partial charge in [0.05, 0.1) is 22.6 Å². The molecule has 1 aliphatic rings. The van der Waals surface area contributed by atoms with Gasteiger partial charge in [-0.15, -0.1) is 11.3 Å². The highest BCUT2D eigenvalue weighted by molar-refractivity contribution is 9.10. The summed E-state index contributed by atoms with van der Waals surface area (Å²) in [4.78, 5) is 17.9. The van der Waals surface area contributed by atoms with Crippen LogP contribution in [-0.2, 0) is 26.3 Å². The zero-order valence-corrected chi connectivity index (χ0v) is 14.3. The van der Waals surface area contributed by atoms with Crippen LogP contribution in [0.15, 0.2) is 15.5 Å². The molecule has 2 heterocycles. The summed E-state index contributed by atoms with van der Waals surface area (Å²) >= 11 is 5.15. The fraction of sp³-hybridized carbons (Fsp3) is 0.500. The first-order chi connectivity index (χ1) is 10.1. The highest BCUT2D eigenvalue weighted by Crippen LogP contribution is 2.27. The number of halogens is 1. The van der Waals surface area contributed by atoms with Gasteiger partial charge in [-0.1, -0.05) is 0 Å². The number of fused-ring (bicyclic) bond motifs is 1. The number of hydrogen-bond donors (Lipinski definition) is 1. The molecular formula is C14H17BrN4OS. The molecule has 7 heteroatoms. The predicted octanol–water partition coefficient (Wildman–Crippen LogP) is 2.53. The Labute approximate surface area is 135 Å². The lowest BCUT2D eigenvalue weighted by Gasteiger charge is -2.07. The van der Waals surface area contributed by atoms with Crippen LogP contribution in [0, 0.1) is 0 Å². The summed E-state index contributed by atoms with van der Waals surface area (Å²) in [6, 6.07) is 0. The average Bonchev–Trinajstić information content (AvgIpc) is 2.90. The molecule has 0 fully saturated rings. The van der Waals surface area contributed by atoms with Crippen molar-refractivity contribution in [1.29, 1.82) is 0 Å². The number of anilines is 1. The third kappa shape index (κ3) is 3.18. The van der Waals surface area contributed by atoms with Crippen molar-refractivity contribution in [2.45, 2.75) is 32.1 Å². The second-order valence-corrected chi connectivity index (χ2v) is 7.12. The van der Waals surface area contributed by atoms with Crippen LogP contribution in [0.3, 0.4) is 0 Å². The molecule has 0 saturated heterocycles. The largest absolute Gasteiger partial charge is 0.382 e. The number of nitrogens with one attached hydrogen (secondary N) is 1. The van der Waals surface area contributed by atoms with Crippen LogP contribution < -0.4 is 10.9 Å². The van der Waals surface area contributed by atoms with E-state index in [1.165, 1.54) is 39.5 Å². The van der Waals surface area contributed by atoms with E-state index in [-0.39, 0.29) is 5.56 Å². The lowest BCUT2D eigenvalue weighted by Crippen LogP contribution is -2.21. The van der Waals surface area contributed by atoms with Gasteiger partial charge in [0.2, 0.25) is 0 Å². The summed E-state index contributed by atoms with van der Waals surface area (Å²) in [5.74, 6) is 0. The van der Waals surface area contributed by atoms with Gasteiger partial charge >= 0.3 is 0 Å². The molecule has 5 nitrogen and oxygen atoms in total. The molecular weight excluding hydrogens is 352 g/mol. The van der Waals surface area contributed by atoms with Crippen LogP contribution in [0.1, 0.15) is 28.4 Å². The summed E-state index contributed by atoms with van der Waals surface area (Å²) in [5.41, 5.74) is 1.90. The Morgan fingerprint density at radius 3 is 3.05 bits per heavy atom. The molecule has 21 heavy (non-hydrogen) atoms. The van der Waals surface area contributed by atoms with Gasteiger partial charge in [-0.2, -0.15) is 5.10 Å². The SMILES string of the molecule is Cn1ncc(NCCc2nc3c(s2)CCCC3)c(Br)c1=O. The Morgan fingerprint density at radius 2 is 2.24 bits per heavy atom. The van der Waals surface area contributed by atoms with Crippen molar-refractivity contribution in [2.75, 3.05) is 11.9 Å². The second kappa shape index (κ2) is 6.27. The molecule has 0 amide bonds. The van der Waals surface area contributed by atoms with Crippen molar-refractivity contribution in [2.24, 2.45) is 7.05 Å². The molecule has 2 aromatic heterocycles. The van der Waals surface area contributed by atoms with Crippen molar-refractivity contribution in [3.05, 3.63) is 36.6 Å². The maximum atomic E-state index is 11.8. The van der Waals surface area contributed by atoms with E-state index in [9.17, 15) is 4.79 Å². The molecule has 0 aliphatic heterocycles. The second-order valence-electron chi connectivity index (χ2n) is 5.16. The summed E-state index contributed by atoms with van der Waals surface area (Å²) in [5, 5.41) is 8.45. The third-order valence-electron chi connectivity index (χ3n) is 3.62. The van der Waals surface area contributed by atoms with E-state index in [2.05, 4.69) is 26.3 Å². The predicted molar refractivity (Wildman–Crippen MR) is 88.1 cm³/mol. The molecule has 3 rings (SSSR count). The first kappa shape index (κ1) is 14.7. The standard InChI is InChI=1S/C14H17BrN4OS/c1-19-14(20)13(15)10(8-17-19)16-7-6-12-18-9-4-2-3-5-11(9)21-12/h8,16H,2-7H2,1H3. The fourth-order valence-corrected chi connectivity index (χ4v) is 4.11. The minimum Gasteiger partial charge on any atom is -0.382 e. The maximum absolute atomic E-state index is 11.8. The van der Waals surface area contributed by atoms with Gasteiger partial charge < -0.3 is 5.32 Å². The fourth-order valence-electron chi connectivity index (χ4n) is 2.45. The highest BCUT2D eigenvalue weighted by Gasteiger charge is 2.15. The van der Waals surface area contributed by atoms with Gasteiger partial charge in [-0.05, 0) is 41.6 Å². The zero-order valence-electron chi connectivity index (χ0n) is 11.9. The number of nitrogens with zero attached hydrogens (tertiary/aromatic N) is 3. The molecule has 0 unspecified atom stereocenters. The van der Waals surface area contributed by atoms with E-state index < -0.39 is 0 Å². The van der Waals surface area contributed by atoms with Gasteiger partial charge in [-0.3, -0.25) is 4.79 Å². The lowest BCUT2D eigenvalue weighted by molar-refractivity contribution is 0.680. The molecule has 0 saturated carbocycles. The number of aromatic nitrogens is 3. The molecule has 0 bridgehead atoms. The van der Waals surface area contributed by atoms with E-state index in [0.717, 1.165) is 25.1 Å². The van der Waals surface area contributed by atoms with Crippen molar-refractivity contribution < 1.29 is 0 Å². The van der Waals surface area contributed by atoms with Crippen molar-refractivity contribution >= 4 is 33.0 Å². The Kier molecular flexibility index (Phi) is 4.40. The molecule has 2 aromatic rings. The van der Waals surface area contributed by atoms with Gasteiger partial charge in [-0.25, -0.2) is 9.67 Å². The zero-order chi connectivity index (χ0) is 14.8. The number of thiazole rings is 1. The Morgan fingerprint density at radius 1 is 1.43 bits per heavy atom. The Balaban J connectivity index is 1.62. The van der Waals surface area contributed by atoms with E-state index in [0.29, 0.717) is 4.47 Å². The summed E-state index contributed by atoms with van der Waals surface area (Å²) in [6.45, 7) is 0.750. The quantitative estimate of drug-likeness (QED) is 0.900. The summed E-state index contributed by atoms with van der Waals surface area (Å²) in [7, 11) is 1.64. The first-order valence-electron chi connectivity index (χ1n) is 7.08. The highest BCUT2D eigenvalue weighted by atomic mass is 79.9. The van der Waals surface area contributed by atoms with Crippen molar-refractivity contribution in [1.82, 2.24) is 14.8 Å². The number of aryl methyl sites for hydroxylation is 3. The monoisotopic (exact) mass is 368 g/mol. The van der Waals surface area contributed by atoms with Crippen molar-refractivity contribution in [3.8, 4) is 0 Å². The third-order valence-corrected chi connectivity index (χ3v) is 5.61. The molecule has 0 radical (unpaired) electrons. The summed E-state index contributed by atoms with van der Waals surface area (Å²) < 4.78 is 1.84. The molecule has 1 aliphatic carbocycles. The van der Waals surface area contributed by atoms with E-state index in [1.807, 2.05) is 11.3 Å². The van der Waals surface area contributed by atoms with E-state index in [1.54, 1.807) is 13.2 Å². The van der Waals surface area contributed by atoms with Gasteiger partial charge in [0, 0.05) is 24.9 Å². The summed E-state index contributed by atoms with van der Waals surface area (Å²) in [6.07, 6.45) is 7.41.